The van der Waals surface area contributed by atoms with E-state index in [0.29, 0.717) is 22.9 Å². The monoisotopic (exact) mass is 462 g/mol. The second-order valence-corrected chi connectivity index (χ2v) is 9.54. The van der Waals surface area contributed by atoms with E-state index in [4.69, 9.17) is 18.6 Å². The molecular weight excluding hydrogens is 440 g/mol. The summed E-state index contributed by atoms with van der Waals surface area (Å²) in [6.07, 6.45) is 4.93. The SMILES string of the molecule is C[C@H]1C(=O)C[C@H](c2ccco2)N2C(=O)[C@@H]3[C@H](C(=O)Nc4ccc5c(c4)OCO5)[C@H]4C=C[C@@]3(O4)[C@@H]12. The molecule has 9 nitrogen and oxygen atoms in total. The number of nitrogens with one attached hydrogen (secondary N) is 1. The van der Waals surface area contributed by atoms with Gasteiger partial charge >= 0.3 is 0 Å². The molecule has 3 saturated heterocycles. The Morgan fingerprint density at radius 3 is 2.85 bits per heavy atom. The Labute approximate surface area is 194 Å². The number of Topliss-reactive ketones (excluding diaryl/α,β-unsaturated/α-hetero) is 1. The zero-order valence-electron chi connectivity index (χ0n) is 18.3. The molecule has 5 aliphatic heterocycles. The summed E-state index contributed by atoms with van der Waals surface area (Å²) in [6, 6.07) is 7.69. The molecule has 0 aliphatic carbocycles. The normalized spacial score (nSPS) is 36.7. The van der Waals surface area contributed by atoms with E-state index in [1.54, 1.807) is 35.2 Å². The van der Waals surface area contributed by atoms with Crippen LogP contribution in [0.25, 0.3) is 0 Å². The predicted molar refractivity (Wildman–Crippen MR) is 116 cm³/mol. The summed E-state index contributed by atoms with van der Waals surface area (Å²) < 4.78 is 22.7. The Kier molecular flexibility index (Phi) is 3.92. The third-order valence-corrected chi connectivity index (χ3v) is 7.89. The van der Waals surface area contributed by atoms with Crippen molar-refractivity contribution < 1.29 is 33.0 Å². The van der Waals surface area contributed by atoms with Crippen molar-refractivity contribution in [1.82, 2.24) is 4.90 Å². The fraction of sp³-hybridized carbons (Fsp3) is 0.400. The minimum Gasteiger partial charge on any atom is -0.467 e. The van der Waals surface area contributed by atoms with E-state index in [-0.39, 0.29) is 30.8 Å². The maximum Gasteiger partial charge on any atom is 0.231 e. The first-order chi connectivity index (χ1) is 16.5. The van der Waals surface area contributed by atoms with Gasteiger partial charge in [-0.3, -0.25) is 14.4 Å². The Morgan fingerprint density at radius 1 is 1.18 bits per heavy atom. The third-order valence-electron chi connectivity index (χ3n) is 7.89. The van der Waals surface area contributed by atoms with Crippen molar-refractivity contribution in [3.63, 3.8) is 0 Å². The number of piperidine rings is 1. The lowest BCUT2D eigenvalue weighted by atomic mass is 9.70. The van der Waals surface area contributed by atoms with E-state index in [1.807, 2.05) is 19.1 Å². The van der Waals surface area contributed by atoms with Crippen molar-refractivity contribution in [1.29, 1.82) is 0 Å². The van der Waals surface area contributed by atoms with Crippen LogP contribution in [0.2, 0.25) is 0 Å². The number of hydrogen-bond donors (Lipinski definition) is 1. The van der Waals surface area contributed by atoms with Crippen LogP contribution >= 0.6 is 0 Å². The molecule has 1 N–H and O–H groups in total. The molecule has 7 atom stereocenters. The molecule has 0 radical (unpaired) electrons. The highest BCUT2D eigenvalue weighted by atomic mass is 16.7. The van der Waals surface area contributed by atoms with Gasteiger partial charge in [0.1, 0.15) is 17.1 Å². The van der Waals surface area contributed by atoms with E-state index in [9.17, 15) is 14.4 Å². The average molecular weight is 462 g/mol. The average Bonchev–Trinajstić information content (AvgIpc) is 3.64. The largest absolute Gasteiger partial charge is 0.467 e. The number of nitrogens with zero attached hydrogens (tertiary/aromatic N) is 1. The van der Waals surface area contributed by atoms with Crippen LogP contribution in [-0.4, -0.2) is 47.0 Å². The molecule has 34 heavy (non-hydrogen) atoms. The topological polar surface area (TPSA) is 107 Å². The number of carbonyl (C=O) groups excluding carboxylic acids is 3. The quantitative estimate of drug-likeness (QED) is 0.698. The van der Waals surface area contributed by atoms with Gasteiger partial charge in [-0.15, -0.1) is 0 Å². The van der Waals surface area contributed by atoms with Crippen LogP contribution < -0.4 is 14.8 Å². The van der Waals surface area contributed by atoms with E-state index in [2.05, 4.69) is 5.32 Å². The van der Waals surface area contributed by atoms with E-state index < -0.39 is 41.5 Å². The number of ketones is 1. The zero-order valence-corrected chi connectivity index (χ0v) is 18.3. The smallest absolute Gasteiger partial charge is 0.231 e. The van der Waals surface area contributed by atoms with E-state index in [1.165, 1.54) is 6.26 Å². The van der Waals surface area contributed by atoms with Gasteiger partial charge in [-0.1, -0.05) is 19.1 Å². The molecule has 7 rings (SSSR count). The Bertz CT molecular complexity index is 1250. The van der Waals surface area contributed by atoms with Crippen LogP contribution in [0.3, 0.4) is 0 Å². The first kappa shape index (κ1) is 19.8. The first-order valence-electron chi connectivity index (χ1n) is 11.4. The molecule has 2 amide bonds. The van der Waals surface area contributed by atoms with Gasteiger partial charge in [0.2, 0.25) is 18.6 Å². The number of fused-ring (bicyclic) bond motifs is 3. The lowest BCUT2D eigenvalue weighted by Crippen LogP contribution is -2.55. The van der Waals surface area contributed by atoms with Crippen molar-refractivity contribution in [2.75, 3.05) is 12.1 Å². The number of amides is 2. The minimum atomic E-state index is -1.01. The Morgan fingerprint density at radius 2 is 2.03 bits per heavy atom. The molecule has 2 aromatic rings. The zero-order chi connectivity index (χ0) is 23.2. The second-order valence-electron chi connectivity index (χ2n) is 9.54. The van der Waals surface area contributed by atoms with Crippen LogP contribution in [0, 0.1) is 17.8 Å². The molecule has 1 aromatic heterocycles. The number of rotatable bonds is 3. The standard InChI is InChI=1S/C25H22N2O7/c1-12-15(28)10-14(16-3-2-8-31-16)27-22(12)25-7-6-18(34-25)20(21(25)24(27)30)23(29)26-13-4-5-17-19(9-13)33-11-32-17/h2-9,12,14,18,20-22H,10-11H2,1H3,(H,26,29)/t12-,14+,18+,20+,21-,22+,25-/m0/s1. The molecule has 9 heteroatoms. The van der Waals surface area contributed by atoms with Gasteiger partial charge in [0.25, 0.3) is 0 Å². The van der Waals surface area contributed by atoms with Gasteiger partial charge in [0.05, 0.1) is 36.3 Å². The number of benzene rings is 1. The van der Waals surface area contributed by atoms with Crippen molar-refractivity contribution >= 4 is 23.3 Å². The maximum atomic E-state index is 13.9. The fourth-order valence-electron chi connectivity index (χ4n) is 6.46. The summed E-state index contributed by atoms with van der Waals surface area (Å²) in [6.45, 7) is 1.98. The summed E-state index contributed by atoms with van der Waals surface area (Å²) in [4.78, 5) is 42.2. The van der Waals surface area contributed by atoms with Crippen molar-refractivity contribution in [2.24, 2.45) is 17.8 Å². The highest BCUT2D eigenvalue weighted by Crippen LogP contribution is 2.60. The van der Waals surface area contributed by atoms with Crippen LogP contribution in [0.5, 0.6) is 11.5 Å². The second kappa shape index (κ2) is 6.73. The molecule has 1 spiro atoms. The lowest BCUT2D eigenvalue weighted by Gasteiger charge is -2.43. The van der Waals surface area contributed by atoms with Gasteiger partial charge in [-0.25, -0.2) is 0 Å². The number of anilines is 1. The maximum absolute atomic E-state index is 13.9. The number of carbonyl (C=O) groups is 3. The molecule has 0 saturated carbocycles. The Hall–Kier alpha value is -3.59. The van der Waals surface area contributed by atoms with Crippen LogP contribution in [-0.2, 0) is 19.1 Å². The highest BCUT2D eigenvalue weighted by Gasteiger charge is 2.74. The molecular formula is C25H22N2O7. The summed E-state index contributed by atoms with van der Waals surface area (Å²) in [5.41, 5.74) is -0.464. The molecule has 0 unspecified atom stereocenters. The summed E-state index contributed by atoms with van der Waals surface area (Å²) in [7, 11) is 0. The number of ether oxygens (including phenoxy) is 3. The summed E-state index contributed by atoms with van der Waals surface area (Å²) in [5, 5.41) is 2.92. The third kappa shape index (κ3) is 2.45. The van der Waals surface area contributed by atoms with Gasteiger partial charge in [0, 0.05) is 24.1 Å². The van der Waals surface area contributed by atoms with Crippen molar-refractivity contribution in [2.45, 2.75) is 37.1 Å². The van der Waals surface area contributed by atoms with E-state index >= 15 is 0 Å². The molecule has 174 valence electrons. The van der Waals surface area contributed by atoms with Crippen LogP contribution in [0.15, 0.2) is 53.2 Å². The molecule has 2 bridgehead atoms. The highest BCUT2D eigenvalue weighted by molar-refractivity contribution is 6.01. The fourth-order valence-corrected chi connectivity index (χ4v) is 6.46. The number of hydrogen-bond acceptors (Lipinski definition) is 7. The molecule has 1 aromatic carbocycles. The van der Waals surface area contributed by atoms with Crippen LogP contribution in [0.4, 0.5) is 5.69 Å². The molecule has 6 heterocycles. The van der Waals surface area contributed by atoms with Crippen molar-refractivity contribution in [3.8, 4) is 11.5 Å². The molecule has 5 aliphatic rings. The predicted octanol–water partition coefficient (Wildman–Crippen LogP) is 2.45. The van der Waals surface area contributed by atoms with Gasteiger partial charge < -0.3 is 28.8 Å². The summed E-state index contributed by atoms with van der Waals surface area (Å²) in [5.74, 6) is -0.534. The van der Waals surface area contributed by atoms with Crippen LogP contribution in [0.1, 0.15) is 25.1 Å². The number of furan rings is 1. The van der Waals surface area contributed by atoms with Crippen molar-refractivity contribution in [3.05, 3.63) is 54.5 Å². The summed E-state index contributed by atoms with van der Waals surface area (Å²) >= 11 is 0. The van der Waals surface area contributed by atoms with Gasteiger partial charge in [0.15, 0.2) is 11.5 Å². The van der Waals surface area contributed by atoms with Gasteiger partial charge in [-0.2, -0.15) is 0 Å². The molecule has 3 fully saturated rings. The lowest BCUT2D eigenvalue weighted by molar-refractivity contribution is -0.147. The first-order valence-corrected chi connectivity index (χ1v) is 11.4. The van der Waals surface area contributed by atoms with E-state index in [0.717, 1.165) is 0 Å². The van der Waals surface area contributed by atoms with Gasteiger partial charge in [-0.05, 0) is 24.3 Å². The minimum absolute atomic E-state index is 0.0548. The Balaban J connectivity index is 1.24.